The number of aromatic amines is 1. The number of nitrogens with zero attached hydrogens (tertiary/aromatic N) is 3. The first-order chi connectivity index (χ1) is 15.5. The van der Waals surface area contributed by atoms with Crippen molar-refractivity contribution in [3.8, 4) is 5.75 Å². The summed E-state index contributed by atoms with van der Waals surface area (Å²) in [5.74, 6) is 1.73. The van der Waals surface area contributed by atoms with Gasteiger partial charge in [-0.3, -0.25) is 14.8 Å². The smallest absolute Gasteiger partial charge is 0.189 e. The number of hydrogen-bond donors (Lipinski definition) is 1. The number of nitrogens with one attached hydrogen (secondary N) is 1. The first kappa shape index (κ1) is 22.2. The molecule has 7 nitrogen and oxygen atoms in total. The quantitative estimate of drug-likeness (QED) is 0.311. The highest BCUT2D eigenvalue weighted by molar-refractivity contribution is 5.94. The zero-order chi connectivity index (χ0) is 22.5. The maximum atomic E-state index is 13.4. The number of piperazine rings is 1. The number of carbonyl (C=O) groups is 1. The van der Waals surface area contributed by atoms with Crippen molar-refractivity contribution in [2.24, 2.45) is 5.92 Å². The normalized spacial score (nSPS) is 15.8. The number of fused-ring (bicyclic) bond motifs is 1. The molecule has 1 fully saturated rings. The van der Waals surface area contributed by atoms with Gasteiger partial charge >= 0.3 is 0 Å². The van der Waals surface area contributed by atoms with Crippen LogP contribution in [0, 0.1) is 11.7 Å². The van der Waals surface area contributed by atoms with E-state index in [9.17, 15) is 9.18 Å². The average Bonchev–Trinajstić information content (AvgIpc) is 3.20. The largest absolute Gasteiger partial charge is 0.468 e. The fourth-order valence-electron chi connectivity index (χ4n) is 4.00. The number of rotatable bonds is 9. The molecule has 1 aliphatic heterocycles. The Balaban J connectivity index is 1.17. The van der Waals surface area contributed by atoms with Gasteiger partial charge in [-0.15, -0.1) is 0 Å². The predicted octanol–water partition coefficient (Wildman–Crippen LogP) is 3.72. The minimum absolute atomic E-state index is 0.0376. The zero-order valence-electron chi connectivity index (χ0n) is 18.5. The average molecular weight is 441 g/mol. The second-order valence-electron chi connectivity index (χ2n) is 8.34. The lowest BCUT2D eigenvalue weighted by molar-refractivity contribution is -0.00506. The van der Waals surface area contributed by atoms with Crippen LogP contribution in [0.1, 0.15) is 24.2 Å². The molecule has 8 heteroatoms. The number of H-pyrrole nitrogens is 1. The second-order valence-corrected chi connectivity index (χ2v) is 8.34. The number of anilines is 1. The van der Waals surface area contributed by atoms with E-state index in [4.69, 9.17) is 9.47 Å². The van der Waals surface area contributed by atoms with E-state index in [0.717, 1.165) is 49.4 Å². The first-order valence-corrected chi connectivity index (χ1v) is 10.9. The molecule has 1 saturated heterocycles. The van der Waals surface area contributed by atoms with Gasteiger partial charge in [-0.1, -0.05) is 6.92 Å². The SMILES string of the molecule is CC(=O)c1ccc(OCOC[C@@H](C)CN2CCN(c3n[nH]c4cc(F)ccc34)CC2)cc1. The molecule has 0 spiro atoms. The first-order valence-electron chi connectivity index (χ1n) is 10.9. The van der Waals surface area contributed by atoms with Crippen molar-refractivity contribution in [2.45, 2.75) is 13.8 Å². The summed E-state index contributed by atoms with van der Waals surface area (Å²) in [7, 11) is 0. The van der Waals surface area contributed by atoms with Gasteiger partial charge in [0.05, 0.1) is 12.1 Å². The van der Waals surface area contributed by atoms with Crippen LogP contribution in [0.3, 0.4) is 0 Å². The van der Waals surface area contributed by atoms with Gasteiger partial charge in [0.15, 0.2) is 18.4 Å². The van der Waals surface area contributed by atoms with Gasteiger partial charge in [0, 0.05) is 43.7 Å². The second kappa shape index (κ2) is 10.1. The molecule has 0 unspecified atom stereocenters. The molecule has 1 aliphatic rings. The van der Waals surface area contributed by atoms with Crippen molar-refractivity contribution >= 4 is 22.5 Å². The van der Waals surface area contributed by atoms with Crippen LogP contribution < -0.4 is 9.64 Å². The topological polar surface area (TPSA) is 70.7 Å². The van der Waals surface area contributed by atoms with E-state index >= 15 is 0 Å². The van der Waals surface area contributed by atoms with E-state index in [0.29, 0.717) is 23.8 Å². The van der Waals surface area contributed by atoms with Crippen molar-refractivity contribution in [3.05, 3.63) is 53.8 Å². The molecule has 2 heterocycles. The lowest BCUT2D eigenvalue weighted by Crippen LogP contribution is -2.48. The Bertz CT molecular complexity index is 1050. The Morgan fingerprint density at radius 3 is 2.62 bits per heavy atom. The van der Waals surface area contributed by atoms with E-state index in [2.05, 4.69) is 26.9 Å². The van der Waals surface area contributed by atoms with E-state index in [1.807, 2.05) is 0 Å². The molecule has 170 valence electrons. The van der Waals surface area contributed by atoms with Gasteiger partial charge in [0.2, 0.25) is 0 Å². The molecule has 0 amide bonds. The maximum Gasteiger partial charge on any atom is 0.189 e. The Morgan fingerprint density at radius 2 is 1.91 bits per heavy atom. The van der Waals surface area contributed by atoms with Crippen LogP contribution in [-0.4, -0.2) is 67.0 Å². The molecule has 2 aromatic carbocycles. The van der Waals surface area contributed by atoms with Crippen LogP contribution in [0.4, 0.5) is 10.2 Å². The molecule has 32 heavy (non-hydrogen) atoms. The number of ketones is 1. The zero-order valence-corrected chi connectivity index (χ0v) is 18.5. The van der Waals surface area contributed by atoms with Crippen LogP contribution in [-0.2, 0) is 4.74 Å². The van der Waals surface area contributed by atoms with Gasteiger partial charge in [0.25, 0.3) is 0 Å². The molecule has 0 aliphatic carbocycles. The minimum Gasteiger partial charge on any atom is -0.468 e. The monoisotopic (exact) mass is 440 g/mol. The Hall–Kier alpha value is -2.97. The summed E-state index contributed by atoms with van der Waals surface area (Å²) in [6.45, 7) is 9.11. The Labute approximate surface area is 187 Å². The van der Waals surface area contributed by atoms with Crippen LogP contribution in [0.15, 0.2) is 42.5 Å². The van der Waals surface area contributed by atoms with E-state index in [1.165, 1.54) is 12.1 Å². The summed E-state index contributed by atoms with van der Waals surface area (Å²) < 4.78 is 24.7. The van der Waals surface area contributed by atoms with Gasteiger partial charge in [-0.05, 0) is 55.3 Å². The number of aromatic nitrogens is 2. The molecule has 1 N–H and O–H groups in total. The Morgan fingerprint density at radius 1 is 1.16 bits per heavy atom. The minimum atomic E-state index is -0.259. The number of Topliss-reactive ketones (excluding diaryl/α,β-unsaturated/α-hetero) is 1. The molecule has 1 atom stereocenters. The lowest BCUT2D eigenvalue weighted by atomic mass is 10.1. The summed E-state index contributed by atoms with van der Waals surface area (Å²) in [4.78, 5) is 16.0. The third-order valence-corrected chi connectivity index (χ3v) is 5.72. The summed E-state index contributed by atoms with van der Waals surface area (Å²) in [6.07, 6.45) is 0. The van der Waals surface area contributed by atoms with Crippen molar-refractivity contribution in [1.29, 1.82) is 0 Å². The summed E-state index contributed by atoms with van der Waals surface area (Å²) in [5.41, 5.74) is 1.39. The van der Waals surface area contributed by atoms with Gasteiger partial charge < -0.3 is 14.4 Å². The predicted molar refractivity (Wildman–Crippen MR) is 122 cm³/mol. The molecule has 1 aromatic heterocycles. The van der Waals surface area contributed by atoms with Gasteiger partial charge in [0.1, 0.15) is 11.6 Å². The molecular weight excluding hydrogens is 411 g/mol. The standard InChI is InChI=1S/C24H29FN4O3/c1-17(15-31-16-32-21-6-3-19(4-7-21)18(2)30)14-28-9-11-29(12-10-28)24-22-8-5-20(25)13-23(22)26-27-24/h3-8,13,17H,9-12,14-16H2,1-2H3,(H,26,27)/t17-/m0/s1. The third-order valence-electron chi connectivity index (χ3n) is 5.72. The third kappa shape index (κ3) is 5.44. The summed E-state index contributed by atoms with van der Waals surface area (Å²) in [5, 5.41) is 8.28. The number of carbonyl (C=O) groups excluding carboxylic acids is 1. The summed E-state index contributed by atoms with van der Waals surface area (Å²) in [6, 6.07) is 11.8. The molecular formula is C24H29FN4O3. The summed E-state index contributed by atoms with van der Waals surface area (Å²) >= 11 is 0. The number of hydrogen-bond acceptors (Lipinski definition) is 6. The highest BCUT2D eigenvalue weighted by atomic mass is 19.1. The van der Waals surface area contributed by atoms with Crippen LogP contribution in [0.25, 0.3) is 10.9 Å². The lowest BCUT2D eigenvalue weighted by Gasteiger charge is -2.36. The van der Waals surface area contributed by atoms with Crippen molar-refractivity contribution in [3.63, 3.8) is 0 Å². The van der Waals surface area contributed by atoms with Gasteiger partial charge in [-0.2, -0.15) is 5.10 Å². The molecule has 3 aromatic rings. The number of halogens is 1. The Kier molecular flexibility index (Phi) is 7.02. The maximum absolute atomic E-state index is 13.4. The van der Waals surface area contributed by atoms with Crippen LogP contribution >= 0.6 is 0 Å². The highest BCUT2D eigenvalue weighted by Crippen LogP contribution is 2.25. The van der Waals surface area contributed by atoms with Crippen molar-refractivity contribution < 1.29 is 18.7 Å². The van der Waals surface area contributed by atoms with Crippen LogP contribution in [0.5, 0.6) is 5.75 Å². The van der Waals surface area contributed by atoms with Gasteiger partial charge in [-0.25, -0.2) is 4.39 Å². The van der Waals surface area contributed by atoms with E-state index in [-0.39, 0.29) is 18.4 Å². The fraction of sp³-hybridized carbons (Fsp3) is 0.417. The van der Waals surface area contributed by atoms with E-state index in [1.54, 1.807) is 37.3 Å². The van der Waals surface area contributed by atoms with Crippen molar-refractivity contribution in [2.75, 3.05) is 51.0 Å². The molecule has 4 rings (SSSR count). The molecule has 0 saturated carbocycles. The number of benzene rings is 2. The highest BCUT2D eigenvalue weighted by Gasteiger charge is 2.22. The van der Waals surface area contributed by atoms with Crippen LogP contribution in [0.2, 0.25) is 0 Å². The molecule has 0 bridgehead atoms. The number of ether oxygens (including phenoxy) is 2. The molecule has 0 radical (unpaired) electrons. The fourth-order valence-corrected chi connectivity index (χ4v) is 4.00. The van der Waals surface area contributed by atoms with Crippen molar-refractivity contribution in [1.82, 2.24) is 15.1 Å². The van der Waals surface area contributed by atoms with E-state index < -0.39 is 0 Å².